The highest BCUT2D eigenvalue weighted by Crippen LogP contribution is 2.47. The molecule has 7 heteroatoms. The third kappa shape index (κ3) is 2.82. The Morgan fingerprint density at radius 1 is 1.17 bits per heavy atom. The number of nitrogens with two attached hydrogens (primary N) is 1. The summed E-state index contributed by atoms with van der Waals surface area (Å²) in [5.74, 6) is -0.0447. The van der Waals surface area contributed by atoms with E-state index in [0.29, 0.717) is 25.4 Å². The Morgan fingerprint density at radius 2 is 2.03 bits per heavy atom. The molecule has 1 aliphatic carbocycles. The largest absolute Gasteiger partial charge is 0.329 e. The van der Waals surface area contributed by atoms with E-state index >= 15 is 0 Å². The van der Waals surface area contributed by atoms with Gasteiger partial charge in [0.2, 0.25) is 11.8 Å². The summed E-state index contributed by atoms with van der Waals surface area (Å²) in [7, 11) is 0. The lowest BCUT2D eigenvalue weighted by Crippen LogP contribution is -2.52. The molecule has 3 aliphatic heterocycles. The number of rotatable bonds is 4. The average Bonchev–Trinajstić information content (AvgIpc) is 3.36. The van der Waals surface area contributed by atoms with Crippen LogP contribution in [-0.2, 0) is 22.7 Å². The van der Waals surface area contributed by atoms with Crippen molar-refractivity contribution in [1.29, 1.82) is 0 Å². The highest BCUT2D eigenvalue weighted by Gasteiger charge is 2.50. The van der Waals surface area contributed by atoms with Crippen LogP contribution in [0.15, 0.2) is 18.2 Å². The summed E-state index contributed by atoms with van der Waals surface area (Å²) in [6.45, 7) is 2.85. The molecule has 0 aromatic heterocycles. The van der Waals surface area contributed by atoms with Gasteiger partial charge in [-0.1, -0.05) is 24.6 Å². The Labute approximate surface area is 170 Å². The zero-order valence-corrected chi connectivity index (χ0v) is 16.7. The molecule has 3 N–H and O–H groups in total. The van der Waals surface area contributed by atoms with Gasteiger partial charge < -0.3 is 10.6 Å². The van der Waals surface area contributed by atoms with E-state index in [1.807, 2.05) is 18.2 Å². The Kier molecular flexibility index (Phi) is 4.47. The van der Waals surface area contributed by atoms with Crippen LogP contribution in [0.3, 0.4) is 0 Å². The highest BCUT2D eigenvalue weighted by atomic mass is 16.2. The minimum Gasteiger partial charge on any atom is -0.329 e. The minimum absolute atomic E-state index is 0.0771. The maximum absolute atomic E-state index is 13.3. The summed E-state index contributed by atoms with van der Waals surface area (Å²) >= 11 is 0. The molecule has 1 aromatic rings. The van der Waals surface area contributed by atoms with Crippen molar-refractivity contribution < 1.29 is 14.4 Å². The van der Waals surface area contributed by atoms with Gasteiger partial charge in [0.15, 0.2) is 0 Å². The third-order valence-corrected chi connectivity index (χ3v) is 7.65. The van der Waals surface area contributed by atoms with Crippen LogP contribution in [0.1, 0.15) is 60.0 Å². The van der Waals surface area contributed by atoms with E-state index in [-0.39, 0.29) is 29.7 Å². The molecule has 7 nitrogen and oxygen atoms in total. The van der Waals surface area contributed by atoms with Crippen LogP contribution in [-0.4, -0.2) is 52.2 Å². The first-order chi connectivity index (χ1) is 14.0. The molecule has 2 saturated heterocycles. The van der Waals surface area contributed by atoms with Crippen LogP contribution < -0.4 is 11.1 Å². The second-order valence-electron chi connectivity index (χ2n) is 8.96. The molecule has 3 amide bonds. The summed E-state index contributed by atoms with van der Waals surface area (Å²) in [4.78, 5) is 41.2. The third-order valence-electron chi connectivity index (χ3n) is 7.65. The molecule has 5 rings (SSSR count). The molecule has 3 heterocycles. The summed E-state index contributed by atoms with van der Waals surface area (Å²) in [6, 6.07) is 5.45. The molecular formula is C22H28N4O3. The zero-order chi connectivity index (χ0) is 20.2. The first-order valence-corrected chi connectivity index (χ1v) is 10.7. The maximum Gasteiger partial charge on any atom is 0.255 e. The van der Waals surface area contributed by atoms with Gasteiger partial charge in [-0.15, -0.1) is 0 Å². The molecule has 0 spiro atoms. The van der Waals surface area contributed by atoms with E-state index in [1.165, 1.54) is 19.3 Å². The lowest BCUT2D eigenvalue weighted by molar-refractivity contribution is -0.136. The summed E-state index contributed by atoms with van der Waals surface area (Å²) < 4.78 is 0. The van der Waals surface area contributed by atoms with Crippen LogP contribution >= 0.6 is 0 Å². The molecule has 4 aliphatic rings. The van der Waals surface area contributed by atoms with Crippen LogP contribution in [0.4, 0.5) is 0 Å². The van der Waals surface area contributed by atoms with Crippen LogP contribution in [0, 0.1) is 5.92 Å². The number of imide groups is 1. The van der Waals surface area contributed by atoms with Crippen molar-refractivity contribution in [3.8, 4) is 0 Å². The van der Waals surface area contributed by atoms with Crippen molar-refractivity contribution in [1.82, 2.24) is 15.1 Å². The van der Waals surface area contributed by atoms with Gasteiger partial charge in [0.05, 0.1) is 0 Å². The number of nitrogens with one attached hydrogen (secondary N) is 1. The number of likely N-dealkylation sites (tertiary alicyclic amines) is 1. The first kappa shape index (κ1) is 18.8. The van der Waals surface area contributed by atoms with Gasteiger partial charge in [0, 0.05) is 37.2 Å². The van der Waals surface area contributed by atoms with Gasteiger partial charge in [0.1, 0.15) is 6.04 Å². The van der Waals surface area contributed by atoms with Crippen molar-refractivity contribution in [2.24, 2.45) is 11.7 Å². The van der Waals surface area contributed by atoms with Gasteiger partial charge in [-0.3, -0.25) is 24.6 Å². The van der Waals surface area contributed by atoms with Gasteiger partial charge >= 0.3 is 0 Å². The molecule has 0 bridgehead atoms. The van der Waals surface area contributed by atoms with Crippen molar-refractivity contribution in [2.75, 3.05) is 13.1 Å². The van der Waals surface area contributed by atoms with E-state index in [2.05, 4.69) is 10.2 Å². The van der Waals surface area contributed by atoms with Crippen molar-refractivity contribution in [3.05, 3.63) is 34.9 Å². The molecule has 1 aromatic carbocycles. The van der Waals surface area contributed by atoms with E-state index in [0.717, 1.165) is 36.2 Å². The lowest BCUT2D eigenvalue weighted by Gasteiger charge is -2.38. The molecule has 3 fully saturated rings. The van der Waals surface area contributed by atoms with E-state index in [4.69, 9.17) is 5.73 Å². The fourth-order valence-corrected chi connectivity index (χ4v) is 6.15. The van der Waals surface area contributed by atoms with E-state index in [1.54, 1.807) is 4.90 Å². The predicted octanol–water partition coefficient (Wildman–Crippen LogP) is 1.15. The molecule has 1 saturated carbocycles. The molecule has 29 heavy (non-hydrogen) atoms. The number of amides is 3. The topological polar surface area (TPSA) is 95.7 Å². The number of piperidine rings is 1. The molecular weight excluding hydrogens is 368 g/mol. The number of fused-ring (bicyclic) bond motifs is 2. The van der Waals surface area contributed by atoms with Gasteiger partial charge in [0.25, 0.3) is 5.91 Å². The van der Waals surface area contributed by atoms with Crippen molar-refractivity contribution in [2.45, 2.75) is 63.2 Å². The van der Waals surface area contributed by atoms with Gasteiger partial charge in [-0.25, -0.2) is 0 Å². The first-order valence-electron chi connectivity index (χ1n) is 10.7. The molecule has 3 atom stereocenters. The maximum atomic E-state index is 13.3. The Bertz CT molecular complexity index is 885. The standard InChI is InChI=1S/C22H28N4O3/c23-13-22-9-2-5-16(22)8-10-25(22)11-14-3-1-4-15-12-26(21(29)19(14)15)17-6-7-18(27)24-20(17)28/h1,3-4,16-17H,2,5-13,23H2,(H,24,27,28). The number of carbonyl (C=O) groups excluding carboxylic acids is 3. The summed E-state index contributed by atoms with van der Waals surface area (Å²) in [6.07, 6.45) is 5.47. The van der Waals surface area contributed by atoms with E-state index in [9.17, 15) is 14.4 Å². The number of nitrogens with zero attached hydrogens (tertiary/aromatic N) is 2. The van der Waals surface area contributed by atoms with Crippen LogP contribution in [0.5, 0.6) is 0 Å². The second kappa shape index (κ2) is 6.92. The second-order valence-corrected chi connectivity index (χ2v) is 8.96. The minimum atomic E-state index is -0.568. The van der Waals surface area contributed by atoms with Gasteiger partial charge in [-0.05, 0) is 49.3 Å². The van der Waals surface area contributed by atoms with Crippen molar-refractivity contribution in [3.63, 3.8) is 0 Å². The SMILES string of the molecule is NCC12CCCC1CCN2Cc1cccc2c1C(=O)N(C1CCC(=O)NC1=O)C2. The Balaban J connectivity index is 1.41. The lowest BCUT2D eigenvalue weighted by atomic mass is 9.87. The Morgan fingerprint density at radius 3 is 2.83 bits per heavy atom. The predicted molar refractivity (Wildman–Crippen MR) is 107 cm³/mol. The van der Waals surface area contributed by atoms with Crippen LogP contribution in [0.25, 0.3) is 0 Å². The monoisotopic (exact) mass is 396 g/mol. The quantitative estimate of drug-likeness (QED) is 0.745. The Hall–Kier alpha value is -2.25. The van der Waals surface area contributed by atoms with E-state index < -0.39 is 6.04 Å². The average molecular weight is 396 g/mol. The summed E-state index contributed by atoms with van der Waals surface area (Å²) in [5.41, 5.74) is 9.07. The number of hydrogen-bond acceptors (Lipinski definition) is 5. The zero-order valence-electron chi connectivity index (χ0n) is 16.7. The highest BCUT2D eigenvalue weighted by molar-refractivity contribution is 6.06. The number of carbonyl (C=O) groups is 3. The van der Waals surface area contributed by atoms with Gasteiger partial charge in [-0.2, -0.15) is 0 Å². The molecule has 3 unspecified atom stereocenters. The molecule has 0 radical (unpaired) electrons. The fourth-order valence-electron chi connectivity index (χ4n) is 6.15. The summed E-state index contributed by atoms with van der Waals surface area (Å²) in [5, 5.41) is 2.37. The smallest absolute Gasteiger partial charge is 0.255 e. The fraction of sp³-hybridized carbons (Fsp3) is 0.591. The number of benzene rings is 1. The van der Waals surface area contributed by atoms with Crippen molar-refractivity contribution >= 4 is 17.7 Å². The molecule has 154 valence electrons. The van der Waals surface area contributed by atoms with Crippen LogP contribution in [0.2, 0.25) is 0 Å². The normalized spacial score (nSPS) is 31.9. The number of hydrogen-bond donors (Lipinski definition) is 2.